The van der Waals surface area contributed by atoms with Gasteiger partial charge in [0.25, 0.3) is 0 Å². The molecule has 0 aromatic heterocycles. The van der Waals surface area contributed by atoms with Crippen LogP contribution in [-0.4, -0.2) is 20.4 Å². The molecule has 0 bridgehead atoms. The summed E-state index contributed by atoms with van der Waals surface area (Å²) >= 11 is 0. The van der Waals surface area contributed by atoms with Gasteiger partial charge in [-0.2, -0.15) is 0 Å². The van der Waals surface area contributed by atoms with Gasteiger partial charge in [-0.1, -0.05) is 186 Å². The van der Waals surface area contributed by atoms with Gasteiger partial charge in [-0.3, -0.25) is 0 Å². The first-order valence-corrected chi connectivity index (χ1v) is 15.0. The predicted molar refractivity (Wildman–Crippen MR) is 185 cm³/mol. The topological polar surface area (TPSA) is 9.23 Å². The van der Waals surface area contributed by atoms with Gasteiger partial charge in [-0.25, -0.2) is 0 Å². The van der Waals surface area contributed by atoms with Crippen LogP contribution in [0.3, 0.4) is 0 Å². The van der Waals surface area contributed by atoms with Gasteiger partial charge in [-0.05, 0) is 45.4 Å². The molecule has 6 aromatic rings. The van der Waals surface area contributed by atoms with Gasteiger partial charge in [-0.15, -0.1) is 0 Å². The Hall–Kier alpha value is -4.92. The Labute approximate surface area is 256 Å². The Morgan fingerprint density at radius 1 is 0.465 bits per heavy atom. The van der Waals surface area contributed by atoms with Gasteiger partial charge < -0.3 is 4.74 Å². The fraction of sp³-hybridized carbons (Fsp3) is 0.0732. The van der Waals surface area contributed by atoms with Gasteiger partial charge in [0.1, 0.15) is 0 Å². The lowest BCUT2D eigenvalue weighted by atomic mass is 9.35. The third-order valence-corrected chi connectivity index (χ3v) is 8.02. The second-order valence-electron chi connectivity index (χ2n) is 10.8. The molecule has 0 aliphatic carbocycles. The van der Waals surface area contributed by atoms with E-state index in [4.69, 9.17) is 4.74 Å². The minimum absolute atomic E-state index is 0.0640. The summed E-state index contributed by atoms with van der Waals surface area (Å²) in [5.74, 6) is 0. The zero-order chi connectivity index (χ0) is 29.3. The lowest BCUT2D eigenvalue weighted by Gasteiger charge is -2.21. The molecule has 1 nitrogen and oxygen atoms in total. The molecule has 6 aromatic carbocycles. The van der Waals surface area contributed by atoms with Crippen LogP contribution in [0.4, 0.5) is 0 Å². The van der Waals surface area contributed by atoms with Gasteiger partial charge in [0.2, 0.25) is 6.71 Å². The maximum Gasteiger partial charge on any atom is 0.241 e. The first-order valence-electron chi connectivity index (χ1n) is 15.0. The lowest BCUT2D eigenvalue weighted by Crippen LogP contribution is -2.43. The first kappa shape index (κ1) is 28.2. The number of hydrogen-bond donors (Lipinski definition) is 0. The number of benzene rings is 6. The fourth-order valence-corrected chi connectivity index (χ4v) is 5.77. The van der Waals surface area contributed by atoms with Crippen LogP contribution < -0.4 is 10.9 Å². The molecule has 208 valence electrons. The molecule has 6 rings (SSSR count). The van der Waals surface area contributed by atoms with E-state index in [1.807, 2.05) is 0 Å². The molecule has 0 radical (unpaired) electrons. The summed E-state index contributed by atoms with van der Waals surface area (Å²) in [7, 11) is 1.77. The quantitative estimate of drug-likeness (QED) is 0.121. The fourth-order valence-electron chi connectivity index (χ4n) is 5.77. The Morgan fingerprint density at radius 3 is 1.19 bits per heavy atom. The molecule has 0 aliphatic heterocycles. The van der Waals surface area contributed by atoms with Crippen LogP contribution in [0.1, 0.15) is 12.0 Å². The van der Waals surface area contributed by atoms with Gasteiger partial charge in [0, 0.05) is 13.7 Å². The van der Waals surface area contributed by atoms with Crippen molar-refractivity contribution in [2.24, 2.45) is 0 Å². The summed E-state index contributed by atoms with van der Waals surface area (Å²) < 4.78 is 5.48. The Kier molecular flexibility index (Phi) is 9.08. The number of ether oxygens (including phenoxy) is 1. The first-order chi connectivity index (χ1) is 21.3. The number of hydrogen-bond acceptors (Lipinski definition) is 1. The van der Waals surface area contributed by atoms with Crippen molar-refractivity contribution in [1.29, 1.82) is 0 Å². The molecule has 0 fully saturated rings. The maximum absolute atomic E-state index is 5.48. The highest BCUT2D eigenvalue weighted by Crippen LogP contribution is 2.26. The third-order valence-electron chi connectivity index (χ3n) is 8.02. The molecular weight excluding hydrogens is 519 g/mol. The molecule has 0 saturated heterocycles. The molecule has 2 heteroatoms. The summed E-state index contributed by atoms with van der Waals surface area (Å²) in [5.41, 5.74) is 12.4. The molecule has 0 heterocycles. The second kappa shape index (κ2) is 13.8. The smallest absolute Gasteiger partial charge is 0.241 e. The zero-order valence-corrected chi connectivity index (χ0v) is 24.6. The molecule has 43 heavy (non-hydrogen) atoms. The SMILES string of the molecule is COCC/C=C(\B(c1ccc(-c2ccccc2)cc1)c1ccc(-c2ccccc2)cc1)c1ccc(-c2ccccc2)cc1. The van der Waals surface area contributed by atoms with E-state index in [-0.39, 0.29) is 6.71 Å². The van der Waals surface area contributed by atoms with E-state index in [2.05, 4.69) is 170 Å². The minimum Gasteiger partial charge on any atom is -0.384 e. The van der Waals surface area contributed by atoms with E-state index < -0.39 is 0 Å². The summed E-state index contributed by atoms with van der Waals surface area (Å²) in [6.45, 7) is 0.743. The van der Waals surface area contributed by atoms with E-state index in [1.165, 1.54) is 55.3 Å². The van der Waals surface area contributed by atoms with Crippen molar-refractivity contribution >= 4 is 23.1 Å². The van der Waals surface area contributed by atoms with E-state index in [9.17, 15) is 0 Å². The molecule has 0 saturated carbocycles. The third kappa shape index (κ3) is 6.78. The average molecular weight is 555 g/mol. The van der Waals surface area contributed by atoms with E-state index in [0.717, 1.165) is 6.42 Å². The second-order valence-corrected chi connectivity index (χ2v) is 10.8. The summed E-state index contributed by atoms with van der Waals surface area (Å²) in [6.07, 6.45) is 3.20. The van der Waals surface area contributed by atoms with Gasteiger partial charge in [0.05, 0.1) is 0 Å². The van der Waals surface area contributed by atoms with Crippen LogP contribution >= 0.6 is 0 Å². The zero-order valence-electron chi connectivity index (χ0n) is 24.6. The van der Waals surface area contributed by atoms with E-state index in [0.29, 0.717) is 6.61 Å². The van der Waals surface area contributed by atoms with Crippen LogP contribution in [0.2, 0.25) is 0 Å². The normalized spacial score (nSPS) is 11.3. The predicted octanol–water partition coefficient (Wildman–Crippen LogP) is 8.96. The summed E-state index contributed by atoms with van der Waals surface area (Å²) in [6, 6.07) is 58.9. The van der Waals surface area contributed by atoms with Gasteiger partial charge in [0.15, 0.2) is 0 Å². The Morgan fingerprint density at radius 2 is 0.814 bits per heavy atom. The van der Waals surface area contributed by atoms with Crippen molar-refractivity contribution < 1.29 is 4.74 Å². The molecular formula is C41H35BO. The Balaban J connectivity index is 1.43. The Bertz CT molecular complexity index is 1660. The number of methoxy groups -OCH3 is 1. The van der Waals surface area contributed by atoms with E-state index in [1.54, 1.807) is 7.11 Å². The van der Waals surface area contributed by atoms with Crippen LogP contribution in [0.15, 0.2) is 170 Å². The molecule has 0 spiro atoms. The summed E-state index contributed by atoms with van der Waals surface area (Å²) in [4.78, 5) is 0. The average Bonchev–Trinajstić information content (AvgIpc) is 3.10. The van der Waals surface area contributed by atoms with Crippen molar-refractivity contribution in [2.45, 2.75) is 6.42 Å². The van der Waals surface area contributed by atoms with Crippen molar-refractivity contribution in [3.63, 3.8) is 0 Å². The van der Waals surface area contributed by atoms with E-state index >= 15 is 0 Å². The number of rotatable bonds is 10. The molecule has 0 unspecified atom stereocenters. The lowest BCUT2D eigenvalue weighted by molar-refractivity contribution is 0.204. The molecule has 0 atom stereocenters. The summed E-state index contributed by atoms with van der Waals surface area (Å²) in [5, 5.41) is 0. The maximum atomic E-state index is 5.48. The highest BCUT2D eigenvalue weighted by atomic mass is 16.5. The largest absolute Gasteiger partial charge is 0.384 e. The highest BCUT2D eigenvalue weighted by molar-refractivity contribution is 6.99. The van der Waals surface area contributed by atoms with Crippen molar-refractivity contribution in [1.82, 2.24) is 0 Å². The van der Waals surface area contributed by atoms with Crippen molar-refractivity contribution in [3.8, 4) is 33.4 Å². The minimum atomic E-state index is 0.0640. The van der Waals surface area contributed by atoms with Crippen LogP contribution in [0.5, 0.6) is 0 Å². The standard InChI is InChI=1S/C41H35BO/c1-43-31-11-18-41(38-21-19-35(20-22-38)32-12-5-2-6-13-32)42(39-27-23-36(24-28-39)33-14-7-3-8-15-33)40-29-25-37(26-30-40)34-16-9-4-10-17-34/h2-10,12-30H,11,31H2,1H3/b41-18-. The van der Waals surface area contributed by atoms with Gasteiger partial charge >= 0.3 is 0 Å². The van der Waals surface area contributed by atoms with Crippen molar-refractivity contribution in [2.75, 3.05) is 13.7 Å². The van der Waals surface area contributed by atoms with Crippen molar-refractivity contribution in [3.05, 3.63) is 175 Å². The molecule has 0 N–H and O–H groups in total. The molecule has 0 aliphatic rings. The monoisotopic (exact) mass is 554 g/mol. The highest BCUT2D eigenvalue weighted by Gasteiger charge is 2.25. The van der Waals surface area contributed by atoms with Crippen LogP contribution in [0, 0.1) is 0 Å². The van der Waals surface area contributed by atoms with Crippen LogP contribution in [-0.2, 0) is 4.74 Å². The van der Waals surface area contributed by atoms with Crippen LogP contribution in [0.25, 0.3) is 38.9 Å². The molecule has 0 amide bonds.